The minimum absolute atomic E-state index is 0.285. The highest BCUT2D eigenvalue weighted by molar-refractivity contribution is 6.01. The van der Waals surface area contributed by atoms with E-state index in [1.165, 1.54) is 6.07 Å². The maximum atomic E-state index is 14.6. The zero-order valence-electron chi connectivity index (χ0n) is 21.5. The molecule has 8 heteroatoms. The number of aromatic nitrogens is 5. The molecule has 2 aromatic carbocycles. The molecule has 38 heavy (non-hydrogen) atoms. The Labute approximate surface area is 219 Å². The number of benzene rings is 2. The van der Waals surface area contributed by atoms with E-state index < -0.39 is 0 Å². The topological polar surface area (TPSA) is 85.5 Å². The van der Waals surface area contributed by atoms with Gasteiger partial charge in [-0.05, 0) is 91.8 Å². The van der Waals surface area contributed by atoms with E-state index in [0.717, 1.165) is 79.9 Å². The first-order valence-electron chi connectivity index (χ1n) is 12.5. The molecule has 0 saturated carbocycles. The van der Waals surface area contributed by atoms with Crippen molar-refractivity contribution in [2.45, 2.75) is 6.92 Å². The average molecular weight is 506 g/mol. The predicted octanol–water partition coefficient (Wildman–Crippen LogP) is 6.26. The summed E-state index contributed by atoms with van der Waals surface area (Å²) in [4.78, 5) is 14.4. The number of likely N-dealkylation sites (N-methyl/N-ethyl adjacent to an activating group) is 1. The molecule has 0 fully saturated rings. The lowest BCUT2D eigenvalue weighted by molar-refractivity contribution is 0.425. The first kappa shape index (κ1) is 23.8. The van der Waals surface area contributed by atoms with Gasteiger partial charge in [-0.1, -0.05) is 6.07 Å². The van der Waals surface area contributed by atoms with Gasteiger partial charge in [-0.2, -0.15) is 5.10 Å². The van der Waals surface area contributed by atoms with Gasteiger partial charge in [0.1, 0.15) is 17.2 Å². The lowest BCUT2D eigenvalue weighted by atomic mass is 10.0. The van der Waals surface area contributed by atoms with E-state index in [4.69, 9.17) is 0 Å². The number of aryl methyl sites for hydroxylation is 1. The van der Waals surface area contributed by atoms with Gasteiger partial charge in [0.15, 0.2) is 0 Å². The SMILES string of the molecule is Cc1ccncc1-c1ccc2[nH]nc(-c3cc4c(-c5cc(F)cc(NCCN(C)C)c5)ccnc4[nH]3)c2c1. The molecule has 0 atom stereocenters. The fourth-order valence-electron chi connectivity index (χ4n) is 4.83. The maximum absolute atomic E-state index is 14.6. The molecule has 0 aliphatic heterocycles. The molecule has 0 aliphatic rings. The number of hydrogen-bond donors (Lipinski definition) is 3. The number of nitrogens with one attached hydrogen (secondary N) is 3. The van der Waals surface area contributed by atoms with Crippen LogP contribution in [0, 0.1) is 12.7 Å². The summed E-state index contributed by atoms with van der Waals surface area (Å²) in [7, 11) is 4.03. The summed E-state index contributed by atoms with van der Waals surface area (Å²) in [5.41, 5.74) is 9.07. The zero-order chi connectivity index (χ0) is 26.2. The van der Waals surface area contributed by atoms with Crippen molar-refractivity contribution in [1.82, 2.24) is 30.0 Å². The molecular formula is C30H28FN7. The van der Waals surface area contributed by atoms with Crippen molar-refractivity contribution in [2.75, 3.05) is 32.5 Å². The molecule has 0 spiro atoms. The van der Waals surface area contributed by atoms with Crippen LogP contribution >= 0.6 is 0 Å². The number of nitrogens with zero attached hydrogens (tertiary/aromatic N) is 4. The zero-order valence-corrected chi connectivity index (χ0v) is 21.5. The second kappa shape index (κ2) is 9.72. The molecule has 4 heterocycles. The number of H-pyrrole nitrogens is 2. The van der Waals surface area contributed by atoms with Crippen LogP contribution in [-0.2, 0) is 0 Å². The van der Waals surface area contributed by atoms with Crippen LogP contribution in [0.1, 0.15) is 5.56 Å². The Morgan fingerprint density at radius 1 is 0.921 bits per heavy atom. The van der Waals surface area contributed by atoms with Crippen LogP contribution in [0.15, 0.2) is 73.2 Å². The first-order chi connectivity index (χ1) is 18.5. The molecule has 7 nitrogen and oxygen atoms in total. The lowest BCUT2D eigenvalue weighted by Crippen LogP contribution is -2.20. The number of fused-ring (bicyclic) bond motifs is 2. The van der Waals surface area contributed by atoms with E-state index in [0.29, 0.717) is 0 Å². The minimum atomic E-state index is -0.285. The summed E-state index contributed by atoms with van der Waals surface area (Å²) in [6, 6.07) is 17.3. The van der Waals surface area contributed by atoms with Crippen LogP contribution in [0.25, 0.3) is 55.6 Å². The van der Waals surface area contributed by atoms with E-state index in [-0.39, 0.29) is 5.82 Å². The Balaban J connectivity index is 1.41. The highest BCUT2D eigenvalue weighted by Crippen LogP contribution is 2.35. The van der Waals surface area contributed by atoms with Crippen molar-refractivity contribution in [3.05, 3.63) is 84.6 Å². The van der Waals surface area contributed by atoms with Gasteiger partial charge in [-0.25, -0.2) is 9.37 Å². The molecule has 0 bridgehead atoms. The van der Waals surface area contributed by atoms with Crippen LogP contribution in [0.4, 0.5) is 10.1 Å². The Kier molecular flexibility index (Phi) is 6.09. The second-order valence-electron chi connectivity index (χ2n) is 9.79. The highest BCUT2D eigenvalue weighted by atomic mass is 19.1. The van der Waals surface area contributed by atoms with Crippen molar-refractivity contribution in [1.29, 1.82) is 0 Å². The van der Waals surface area contributed by atoms with E-state index >= 15 is 0 Å². The summed E-state index contributed by atoms with van der Waals surface area (Å²) in [5.74, 6) is -0.285. The molecule has 0 radical (unpaired) electrons. The first-order valence-corrected chi connectivity index (χ1v) is 12.5. The maximum Gasteiger partial charge on any atom is 0.138 e. The summed E-state index contributed by atoms with van der Waals surface area (Å²) < 4.78 is 14.6. The van der Waals surface area contributed by atoms with Gasteiger partial charge in [0, 0.05) is 53.7 Å². The van der Waals surface area contributed by atoms with Crippen molar-refractivity contribution in [2.24, 2.45) is 0 Å². The van der Waals surface area contributed by atoms with Crippen molar-refractivity contribution in [3.63, 3.8) is 0 Å². The largest absolute Gasteiger partial charge is 0.384 e. The number of halogens is 1. The van der Waals surface area contributed by atoms with Crippen LogP contribution < -0.4 is 5.32 Å². The number of anilines is 1. The molecule has 6 aromatic rings. The van der Waals surface area contributed by atoms with Gasteiger partial charge in [0.05, 0.1) is 11.2 Å². The number of aromatic amines is 2. The van der Waals surface area contributed by atoms with E-state index in [1.54, 1.807) is 18.5 Å². The molecule has 190 valence electrons. The van der Waals surface area contributed by atoms with Crippen LogP contribution in [0.2, 0.25) is 0 Å². The molecule has 0 amide bonds. The summed E-state index contributed by atoms with van der Waals surface area (Å²) in [6.45, 7) is 3.66. The summed E-state index contributed by atoms with van der Waals surface area (Å²) in [6.07, 6.45) is 5.43. The van der Waals surface area contributed by atoms with E-state index in [9.17, 15) is 4.39 Å². The van der Waals surface area contributed by atoms with Crippen molar-refractivity contribution < 1.29 is 4.39 Å². The normalized spacial score (nSPS) is 11.6. The third-order valence-electron chi connectivity index (χ3n) is 6.80. The number of rotatable bonds is 7. The molecule has 4 aromatic heterocycles. The van der Waals surface area contributed by atoms with Gasteiger partial charge < -0.3 is 15.2 Å². The highest BCUT2D eigenvalue weighted by Gasteiger charge is 2.16. The average Bonchev–Trinajstić information content (AvgIpc) is 3.52. The predicted molar refractivity (Wildman–Crippen MR) is 152 cm³/mol. The van der Waals surface area contributed by atoms with E-state index in [1.807, 2.05) is 50.6 Å². The Hall–Kier alpha value is -4.56. The molecule has 0 unspecified atom stereocenters. The van der Waals surface area contributed by atoms with Crippen molar-refractivity contribution >= 4 is 27.6 Å². The minimum Gasteiger partial charge on any atom is -0.384 e. The fraction of sp³-hybridized carbons (Fsp3) is 0.167. The molecule has 3 N–H and O–H groups in total. The molecule has 6 rings (SSSR count). The Morgan fingerprint density at radius 2 is 1.82 bits per heavy atom. The Morgan fingerprint density at radius 3 is 2.66 bits per heavy atom. The lowest BCUT2D eigenvalue weighted by Gasteiger charge is -2.13. The fourth-order valence-corrected chi connectivity index (χ4v) is 4.83. The molecular weight excluding hydrogens is 477 g/mol. The van der Waals surface area contributed by atoms with Crippen molar-refractivity contribution in [3.8, 4) is 33.6 Å². The van der Waals surface area contributed by atoms with Crippen LogP contribution in [0.3, 0.4) is 0 Å². The van der Waals surface area contributed by atoms with Crippen LogP contribution in [0.5, 0.6) is 0 Å². The van der Waals surface area contributed by atoms with Gasteiger partial charge in [-0.15, -0.1) is 0 Å². The van der Waals surface area contributed by atoms with E-state index in [2.05, 4.69) is 54.4 Å². The quantitative estimate of drug-likeness (QED) is 0.239. The smallest absolute Gasteiger partial charge is 0.138 e. The van der Waals surface area contributed by atoms with Gasteiger partial charge in [0.25, 0.3) is 0 Å². The molecule has 0 saturated heterocycles. The monoisotopic (exact) mass is 505 g/mol. The van der Waals surface area contributed by atoms with Gasteiger partial charge in [0.2, 0.25) is 0 Å². The number of hydrogen-bond acceptors (Lipinski definition) is 5. The number of pyridine rings is 2. The summed E-state index contributed by atoms with van der Waals surface area (Å²) in [5, 5.41) is 13.0. The summed E-state index contributed by atoms with van der Waals surface area (Å²) >= 11 is 0. The van der Waals surface area contributed by atoms with Gasteiger partial charge in [-0.3, -0.25) is 10.1 Å². The van der Waals surface area contributed by atoms with Gasteiger partial charge >= 0.3 is 0 Å². The Bertz CT molecular complexity index is 1770. The molecule has 0 aliphatic carbocycles. The standard InChI is InChI=1S/C30H28FN7/c1-18-6-8-32-17-26(18)19-4-5-27-25(14-19)29(37-36-27)28-16-24-23(7-9-34-30(24)35-28)20-12-21(31)15-22(13-20)33-10-11-38(2)3/h4-9,12-17,33H,10-11H2,1-3H3,(H,34,35)(H,36,37). The van der Waals surface area contributed by atoms with Crippen LogP contribution in [-0.4, -0.2) is 57.2 Å². The third kappa shape index (κ3) is 4.50. The second-order valence-corrected chi connectivity index (χ2v) is 9.79. The third-order valence-corrected chi connectivity index (χ3v) is 6.80.